The molecular formula is C17H21N3O. The number of aromatic amines is 1. The lowest BCUT2D eigenvalue weighted by molar-refractivity contribution is 0.0807. The summed E-state index contributed by atoms with van der Waals surface area (Å²) < 4.78 is 0. The van der Waals surface area contributed by atoms with Crippen molar-refractivity contribution in [1.82, 2.24) is 15.5 Å². The number of carbonyl (C=O) groups is 1. The molecule has 3 aliphatic carbocycles. The summed E-state index contributed by atoms with van der Waals surface area (Å²) in [6.45, 7) is 2.04. The molecule has 0 radical (unpaired) electrons. The standard InChI is InChI=1S/C17H21N3O/c1-10-2-7-13-15(8-10)19-20-16(13)17(21)18-14-9-11-3-5-12(14)6-4-11/h2,7-8,11-12,14H,3-6,9H2,1H3,(H,18,21)(H,19,20)/t11?,12?,14-/m1/s1. The topological polar surface area (TPSA) is 57.8 Å². The highest BCUT2D eigenvalue weighted by atomic mass is 16.2. The summed E-state index contributed by atoms with van der Waals surface area (Å²) in [4.78, 5) is 12.6. The van der Waals surface area contributed by atoms with Gasteiger partial charge in [0.15, 0.2) is 5.69 Å². The number of H-pyrrole nitrogens is 1. The van der Waals surface area contributed by atoms with Gasteiger partial charge in [-0.15, -0.1) is 0 Å². The van der Waals surface area contributed by atoms with E-state index in [1.54, 1.807) is 0 Å². The van der Waals surface area contributed by atoms with Gasteiger partial charge in [-0.2, -0.15) is 5.10 Å². The molecule has 1 aromatic carbocycles. The second-order valence-electron chi connectivity index (χ2n) is 6.72. The van der Waals surface area contributed by atoms with Crippen LogP contribution >= 0.6 is 0 Å². The lowest BCUT2D eigenvalue weighted by Gasteiger charge is -2.42. The van der Waals surface area contributed by atoms with E-state index in [2.05, 4.69) is 15.5 Å². The quantitative estimate of drug-likeness (QED) is 0.889. The van der Waals surface area contributed by atoms with E-state index in [9.17, 15) is 4.79 Å². The molecule has 1 amide bonds. The van der Waals surface area contributed by atoms with Gasteiger partial charge in [-0.3, -0.25) is 9.89 Å². The summed E-state index contributed by atoms with van der Waals surface area (Å²) in [5.41, 5.74) is 2.64. The highest BCUT2D eigenvalue weighted by molar-refractivity contribution is 6.04. The Hall–Kier alpha value is -1.84. The molecular weight excluding hydrogens is 262 g/mol. The number of rotatable bonds is 2. The molecule has 21 heavy (non-hydrogen) atoms. The third-order valence-electron chi connectivity index (χ3n) is 5.30. The van der Waals surface area contributed by atoms with Gasteiger partial charge < -0.3 is 5.32 Å². The number of benzene rings is 1. The molecule has 0 aliphatic heterocycles. The molecule has 2 bridgehead atoms. The van der Waals surface area contributed by atoms with Gasteiger partial charge in [0.2, 0.25) is 0 Å². The highest BCUT2D eigenvalue weighted by Gasteiger charge is 2.36. The van der Waals surface area contributed by atoms with Crippen molar-refractivity contribution in [3.8, 4) is 0 Å². The second kappa shape index (κ2) is 4.86. The van der Waals surface area contributed by atoms with Crippen LogP contribution in [0.1, 0.15) is 48.2 Å². The Kier molecular flexibility index (Phi) is 2.98. The van der Waals surface area contributed by atoms with Crippen molar-refractivity contribution in [3.63, 3.8) is 0 Å². The Morgan fingerprint density at radius 3 is 2.81 bits per heavy atom. The van der Waals surface area contributed by atoms with Crippen molar-refractivity contribution < 1.29 is 4.79 Å². The number of aryl methyl sites for hydroxylation is 1. The zero-order chi connectivity index (χ0) is 14.4. The number of aromatic nitrogens is 2. The van der Waals surface area contributed by atoms with Crippen molar-refractivity contribution in [2.75, 3.05) is 0 Å². The van der Waals surface area contributed by atoms with E-state index >= 15 is 0 Å². The molecule has 110 valence electrons. The van der Waals surface area contributed by atoms with E-state index in [1.807, 2.05) is 25.1 Å². The van der Waals surface area contributed by atoms with Gasteiger partial charge in [-0.1, -0.05) is 25.0 Å². The van der Waals surface area contributed by atoms with E-state index in [1.165, 1.54) is 31.2 Å². The monoisotopic (exact) mass is 283 g/mol. The van der Waals surface area contributed by atoms with Crippen LogP contribution in [0.5, 0.6) is 0 Å². The second-order valence-corrected chi connectivity index (χ2v) is 6.72. The predicted octanol–water partition coefficient (Wildman–Crippen LogP) is 3.18. The molecule has 3 fully saturated rings. The fraction of sp³-hybridized carbons (Fsp3) is 0.529. The summed E-state index contributed by atoms with van der Waals surface area (Å²) in [6.07, 6.45) is 6.40. The Labute approximate surface area is 124 Å². The third-order valence-corrected chi connectivity index (χ3v) is 5.30. The van der Waals surface area contributed by atoms with Crippen LogP contribution in [0.4, 0.5) is 0 Å². The normalized spacial score (nSPS) is 28.0. The van der Waals surface area contributed by atoms with Crippen molar-refractivity contribution in [1.29, 1.82) is 0 Å². The van der Waals surface area contributed by atoms with Crippen molar-refractivity contribution in [2.24, 2.45) is 11.8 Å². The Morgan fingerprint density at radius 1 is 1.29 bits per heavy atom. The first-order valence-electron chi connectivity index (χ1n) is 7.96. The molecule has 5 rings (SSSR count). The third kappa shape index (κ3) is 2.23. The molecule has 4 heteroatoms. The molecule has 3 aliphatic rings. The zero-order valence-electron chi connectivity index (χ0n) is 12.4. The lowest BCUT2D eigenvalue weighted by atomic mass is 9.68. The van der Waals surface area contributed by atoms with Crippen LogP contribution in [0.2, 0.25) is 0 Å². The van der Waals surface area contributed by atoms with Crippen LogP contribution < -0.4 is 5.32 Å². The van der Waals surface area contributed by atoms with Gasteiger partial charge in [0.05, 0.1) is 5.52 Å². The molecule has 2 aromatic rings. The van der Waals surface area contributed by atoms with Gasteiger partial charge in [-0.25, -0.2) is 0 Å². The summed E-state index contributed by atoms with van der Waals surface area (Å²) in [7, 11) is 0. The fourth-order valence-corrected chi connectivity index (χ4v) is 4.10. The van der Waals surface area contributed by atoms with Crippen LogP contribution in [0.3, 0.4) is 0 Å². The average Bonchev–Trinajstić information content (AvgIpc) is 2.91. The smallest absolute Gasteiger partial charge is 0.272 e. The van der Waals surface area contributed by atoms with Crippen molar-refractivity contribution >= 4 is 16.8 Å². The van der Waals surface area contributed by atoms with E-state index in [0.717, 1.165) is 23.2 Å². The molecule has 0 spiro atoms. The first-order chi connectivity index (χ1) is 10.2. The summed E-state index contributed by atoms with van der Waals surface area (Å²) >= 11 is 0. The maximum Gasteiger partial charge on any atom is 0.272 e. The summed E-state index contributed by atoms with van der Waals surface area (Å²) in [6, 6.07) is 6.39. The molecule has 0 saturated heterocycles. The van der Waals surface area contributed by atoms with Crippen LogP contribution in [-0.2, 0) is 0 Å². The number of nitrogens with zero attached hydrogens (tertiary/aromatic N) is 1. The number of nitrogens with one attached hydrogen (secondary N) is 2. The van der Waals surface area contributed by atoms with E-state index in [0.29, 0.717) is 17.7 Å². The van der Waals surface area contributed by atoms with Gasteiger partial charge in [0.1, 0.15) is 0 Å². The SMILES string of the molecule is Cc1ccc2c(C(=O)N[C@@H]3CC4CCC3CC4)n[nH]c2c1. The van der Waals surface area contributed by atoms with E-state index in [4.69, 9.17) is 0 Å². The maximum atomic E-state index is 12.6. The minimum Gasteiger partial charge on any atom is -0.348 e. The molecule has 0 unspecified atom stereocenters. The number of fused-ring (bicyclic) bond motifs is 4. The molecule has 3 saturated carbocycles. The molecule has 1 heterocycles. The zero-order valence-corrected chi connectivity index (χ0v) is 12.4. The molecule has 1 atom stereocenters. The van der Waals surface area contributed by atoms with Gasteiger partial charge in [0, 0.05) is 11.4 Å². The number of hydrogen-bond acceptors (Lipinski definition) is 2. The van der Waals surface area contributed by atoms with Gasteiger partial charge >= 0.3 is 0 Å². The minimum atomic E-state index is -0.0253. The highest BCUT2D eigenvalue weighted by Crippen LogP contribution is 2.41. The minimum absolute atomic E-state index is 0.0253. The number of hydrogen-bond donors (Lipinski definition) is 2. The first-order valence-corrected chi connectivity index (χ1v) is 7.96. The van der Waals surface area contributed by atoms with Crippen molar-refractivity contribution in [3.05, 3.63) is 29.5 Å². The number of amides is 1. The first kappa shape index (κ1) is 12.9. The molecule has 2 N–H and O–H groups in total. The summed E-state index contributed by atoms with van der Waals surface area (Å²) in [5.74, 6) is 1.47. The van der Waals surface area contributed by atoms with E-state index < -0.39 is 0 Å². The van der Waals surface area contributed by atoms with Crippen LogP contribution in [-0.4, -0.2) is 22.1 Å². The van der Waals surface area contributed by atoms with Crippen LogP contribution in [0, 0.1) is 18.8 Å². The van der Waals surface area contributed by atoms with Crippen molar-refractivity contribution in [2.45, 2.75) is 45.1 Å². The number of carbonyl (C=O) groups excluding carboxylic acids is 1. The Bertz CT molecular complexity index is 682. The Balaban J connectivity index is 1.56. The van der Waals surface area contributed by atoms with Gasteiger partial charge in [-0.05, 0) is 49.7 Å². The maximum absolute atomic E-state index is 12.6. The lowest BCUT2D eigenvalue weighted by Crippen LogP contribution is -2.47. The molecule has 4 nitrogen and oxygen atoms in total. The Morgan fingerprint density at radius 2 is 2.10 bits per heavy atom. The van der Waals surface area contributed by atoms with Crippen LogP contribution in [0.25, 0.3) is 10.9 Å². The summed E-state index contributed by atoms with van der Waals surface area (Å²) in [5, 5.41) is 11.4. The predicted molar refractivity (Wildman–Crippen MR) is 82.1 cm³/mol. The average molecular weight is 283 g/mol. The fourth-order valence-electron chi connectivity index (χ4n) is 4.10. The molecule has 1 aromatic heterocycles. The largest absolute Gasteiger partial charge is 0.348 e. The van der Waals surface area contributed by atoms with E-state index in [-0.39, 0.29) is 5.91 Å². The van der Waals surface area contributed by atoms with Crippen LogP contribution in [0.15, 0.2) is 18.2 Å². The van der Waals surface area contributed by atoms with Gasteiger partial charge in [0.25, 0.3) is 5.91 Å².